The van der Waals surface area contributed by atoms with Crippen molar-refractivity contribution in [1.82, 2.24) is 0 Å². The molecule has 0 saturated heterocycles. The number of aliphatic imine (C=N–C) groups is 2. The maximum atomic E-state index is 14.5. The number of benzene rings is 2. The van der Waals surface area contributed by atoms with Crippen molar-refractivity contribution in [3.8, 4) is 17.2 Å². The molecular weight excluding hydrogens is 759 g/mol. The number of aliphatic hydroxyl groups excluding tert-OH is 1. The Morgan fingerprint density at radius 2 is 1.34 bits per heavy atom. The molecule has 0 radical (unpaired) electrons. The molecule has 15 heteroatoms. The quantitative estimate of drug-likeness (QED) is 0.0188. The largest absolute Gasteiger partial charge is 0.507 e. The van der Waals surface area contributed by atoms with Gasteiger partial charge in [0.1, 0.15) is 47.0 Å². The minimum Gasteiger partial charge on any atom is -0.507 e. The molecule has 0 spiro atoms. The molecule has 322 valence electrons. The number of carbonyl (C=O) groups is 3. The fourth-order valence-electron chi connectivity index (χ4n) is 6.64. The number of guanidine groups is 1. The van der Waals surface area contributed by atoms with E-state index in [1.807, 2.05) is 46.8 Å². The first-order valence-electron chi connectivity index (χ1n) is 19.8. The summed E-state index contributed by atoms with van der Waals surface area (Å²) < 4.78 is 23.3. The Balaban J connectivity index is 2.07. The van der Waals surface area contributed by atoms with Gasteiger partial charge < -0.3 is 46.0 Å². The molecule has 0 amide bonds. The zero-order chi connectivity index (χ0) is 43.8. The number of ether oxygens (including phenoxy) is 3. The van der Waals surface area contributed by atoms with Gasteiger partial charge in [0.2, 0.25) is 5.43 Å². The van der Waals surface area contributed by atoms with Crippen LogP contribution in [0.5, 0.6) is 17.2 Å². The molecule has 1 aromatic heterocycles. The summed E-state index contributed by atoms with van der Waals surface area (Å²) in [7, 11) is 1.26. The Hall–Kier alpha value is -5.70. The summed E-state index contributed by atoms with van der Waals surface area (Å²) in [5, 5.41) is 22.5. The van der Waals surface area contributed by atoms with E-state index >= 15 is 0 Å². The first-order valence-corrected chi connectivity index (χ1v) is 19.8. The predicted molar refractivity (Wildman–Crippen MR) is 230 cm³/mol. The molecule has 0 aliphatic carbocycles. The third-order valence-electron chi connectivity index (χ3n) is 9.65. The molecule has 0 bridgehead atoms. The van der Waals surface area contributed by atoms with Crippen LogP contribution in [0.2, 0.25) is 0 Å². The normalized spacial score (nSPS) is 12.4. The van der Waals surface area contributed by atoms with E-state index in [2.05, 4.69) is 9.98 Å². The molecular formula is C44H61N5O10. The summed E-state index contributed by atoms with van der Waals surface area (Å²) in [5.41, 5.74) is 18.8. The van der Waals surface area contributed by atoms with Gasteiger partial charge in [-0.1, -0.05) is 30.2 Å². The van der Waals surface area contributed by atoms with Gasteiger partial charge in [-0.3, -0.25) is 29.2 Å². The van der Waals surface area contributed by atoms with Gasteiger partial charge in [0, 0.05) is 49.2 Å². The number of fused-ring (bicyclic) bond motifs is 2. The van der Waals surface area contributed by atoms with Crippen LogP contribution in [0.4, 0.5) is 0 Å². The molecule has 8 N–H and O–H groups in total. The maximum absolute atomic E-state index is 14.5. The van der Waals surface area contributed by atoms with E-state index in [4.69, 9.17) is 35.8 Å². The van der Waals surface area contributed by atoms with Crippen molar-refractivity contribution >= 4 is 51.3 Å². The smallest absolute Gasteiger partial charge is 0.309 e. The van der Waals surface area contributed by atoms with Gasteiger partial charge in [-0.2, -0.15) is 0 Å². The van der Waals surface area contributed by atoms with Crippen molar-refractivity contribution in [3.05, 3.63) is 62.3 Å². The topological polar surface area (TPSA) is 252 Å². The standard InChI is InChI=1S/C44H61N5O10/c1-25(2)12-14-32-34(22-50)36(58-23-30(51)18-27(5)10-8-17-49-44(46)47)21-37-39(32)42(54)40-38(59-37)20-35(33(41(40)53)15-13-26(3)4)57-24-31(52)19-29(43(55)56-7)11-9-16-48-28(6)45/h12-13,20-21,27,29,50,53H,8-11,14-19,22-24H2,1-7H3,(H2,45,48)(H4,46,47,49)/t27?,29-/m1/s1. The van der Waals surface area contributed by atoms with Crippen molar-refractivity contribution < 1.29 is 43.2 Å². The van der Waals surface area contributed by atoms with Crippen LogP contribution in [0.1, 0.15) is 96.8 Å². The van der Waals surface area contributed by atoms with Crippen molar-refractivity contribution in [2.24, 2.45) is 39.0 Å². The molecule has 1 unspecified atom stereocenters. The number of hydrogen-bond donors (Lipinski definition) is 5. The molecule has 3 rings (SSSR count). The SMILES string of the molecule is COC(=O)[C@H](CCCN=C(C)N)CC(=O)COc1cc2oc3cc(OCC(=O)CC(C)CCCN=C(N)N)c(CO)c(CC=C(C)C)c3c(=O)c2c(O)c1CC=C(C)C. The minimum absolute atomic E-state index is 0.0193. The molecule has 59 heavy (non-hydrogen) atoms. The van der Waals surface area contributed by atoms with Gasteiger partial charge in [0.25, 0.3) is 0 Å². The van der Waals surface area contributed by atoms with Crippen molar-refractivity contribution in [1.29, 1.82) is 0 Å². The van der Waals surface area contributed by atoms with Gasteiger partial charge in [0.05, 0.1) is 30.9 Å². The lowest BCUT2D eigenvalue weighted by molar-refractivity contribution is -0.147. The average Bonchev–Trinajstić information content (AvgIpc) is 3.16. The van der Waals surface area contributed by atoms with Gasteiger partial charge in [-0.05, 0) is 84.6 Å². The number of ketones is 2. The molecule has 1 heterocycles. The highest BCUT2D eigenvalue weighted by molar-refractivity contribution is 5.97. The van der Waals surface area contributed by atoms with E-state index in [1.54, 1.807) is 6.92 Å². The third-order valence-corrected chi connectivity index (χ3v) is 9.65. The number of phenolic OH excluding ortho intramolecular Hbond substituents is 1. The molecule has 2 aromatic carbocycles. The number of nitrogens with zero attached hydrogens (tertiary/aromatic N) is 2. The average molecular weight is 820 g/mol. The van der Waals surface area contributed by atoms with E-state index in [-0.39, 0.29) is 100 Å². The fourth-order valence-corrected chi connectivity index (χ4v) is 6.64. The van der Waals surface area contributed by atoms with E-state index in [9.17, 15) is 29.4 Å². The highest BCUT2D eigenvalue weighted by Gasteiger charge is 2.26. The third kappa shape index (κ3) is 14.3. The van der Waals surface area contributed by atoms with E-state index in [1.165, 1.54) is 19.2 Å². The lowest BCUT2D eigenvalue weighted by Gasteiger charge is -2.18. The number of aromatic hydroxyl groups is 1. The highest BCUT2D eigenvalue weighted by Crippen LogP contribution is 2.39. The summed E-state index contributed by atoms with van der Waals surface area (Å²) in [6.45, 7) is 10.8. The maximum Gasteiger partial charge on any atom is 0.309 e. The van der Waals surface area contributed by atoms with Crippen molar-refractivity contribution in [2.45, 2.75) is 99.5 Å². The number of Topliss-reactive ketones (excluding diaryl/α,β-unsaturated/α-hetero) is 2. The molecule has 0 aliphatic heterocycles. The second-order valence-electron chi connectivity index (χ2n) is 15.3. The summed E-state index contributed by atoms with van der Waals surface area (Å²) in [5.74, 6) is -1.40. The second kappa shape index (κ2) is 23.0. The second-order valence-corrected chi connectivity index (χ2v) is 15.3. The lowest BCUT2D eigenvalue weighted by Crippen LogP contribution is -2.23. The number of rotatable bonds is 24. The zero-order valence-corrected chi connectivity index (χ0v) is 35.4. The van der Waals surface area contributed by atoms with Crippen LogP contribution < -0.4 is 32.1 Å². The van der Waals surface area contributed by atoms with Gasteiger partial charge in [-0.15, -0.1) is 0 Å². The number of phenols is 1. The molecule has 3 aromatic rings. The number of nitrogens with two attached hydrogens (primary N) is 3. The molecule has 15 nitrogen and oxygen atoms in total. The Labute approximate surface area is 345 Å². The number of amidine groups is 1. The summed E-state index contributed by atoms with van der Waals surface area (Å²) >= 11 is 0. The highest BCUT2D eigenvalue weighted by atomic mass is 16.5. The molecule has 0 fully saturated rings. The van der Waals surface area contributed by atoms with Gasteiger partial charge in [0.15, 0.2) is 17.5 Å². The van der Waals surface area contributed by atoms with Crippen LogP contribution in [0.3, 0.4) is 0 Å². The van der Waals surface area contributed by atoms with Gasteiger partial charge in [-0.25, -0.2) is 0 Å². The summed E-state index contributed by atoms with van der Waals surface area (Å²) in [4.78, 5) is 61.4. The Morgan fingerprint density at radius 1 is 0.797 bits per heavy atom. The van der Waals surface area contributed by atoms with E-state index in [0.29, 0.717) is 49.3 Å². The van der Waals surface area contributed by atoms with E-state index in [0.717, 1.165) is 17.6 Å². The number of esters is 1. The predicted octanol–water partition coefficient (Wildman–Crippen LogP) is 5.47. The van der Waals surface area contributed by atoms with Crippen LogP contribution in [0.15, 0.2) is 54.6 Å². The van der Waals surface area contributed by atoms with Crippen LogP contribution in [0.25, 0.3) is 21.9 Å². The molecule has 0 saturated carbocycles. The van der Waals surface area contributed by atoms with Crippen LogP contribution in [-0.4, -0.2) is 73.0 Å². The fraction of sp³-hybridized carbons (Fsp3) is 0.500. The number of aliphatic hydroxyl groups is 1. The number of hydrogen-bond acceptors (Lipinski definition) is 12. The van der Waals surface area contributed by atoms with Crippen LogP contribution in [-0.2, 0) is 38.6 Å². The van der Waals surface area contributed by atoms with Crippen LogP contribution >= 0.6 is 0 Å². The van der Waals surface area contributed by atoms with E-state index < -0.39 is 30.5 Å². The van der Waals surface area contributed by atoms with Crippen LogP contribution in [0, 0.1) is 11.8 Å². The Morgan fingerprint density at radius 3 is 1.90 bits per heavy atom. The van der Waals surface area contributed by atoms with Crippen molar-refractivity contribution in [3.63, 3.8) is 0 Å². The van der Waals surface area contributed by atoms with Crippen molar-refractivity contribution in [2.75, 3.05) is 33.4 Å². The summed E-state index contributed by atoms with van der Waals surface area (Å²) in [6, 6.07) is 2.92. The number of methoxy groups -OCH3 is 1. The number of carbonyl (C=O) groups excluding carboxylic acids is 3. The molecule has 0 aliphatic rings. The first kappa shape index (κ1) is 47.7. The number of allylic oxidation sites excluding steroid dienone is 4. The minimum atomic E-state index is -0.717. The zero-order valence-electron chi connectivity index (χ0n) is 35.4. The Kier molecular flexibility index (Phi) is 18.6. The molecule has 2 atom stereocenters. The Bertz CT molecular complexity index is 2150. The lowest BCUT2D eigenvalue weighted by atomic mass is 9.95. The first-order chi connectivity index (χ1) is 28.0. The summed E-state index contributed by atoms with van der Waals surface area (Å²) in [6.07, 6.45) is 6.55. The van der Waals surface area contributed by atoms with Gasteiger partial charge >= 0.3 is 5.97 Å². The monoisotopic (exact) mass is 819 g/mol.